The maximum atomic E-state index is 11.4. The zero-order valence-corrected chi connectivity index (χ0v) is 18.2. The summed E-state index contributed by atoms with van der Waals surface area (Å²) >= 11 is 0. The van der Waals surface area contributed by atoms with Crippen molar-refractivity contribution in [2.24, 2.45) is 0 Å². The fourth-order valence-electron chi connectivity index (χ4n) is 3.53. The molecule has 1 aromatic carbocycles. The molecular formula is C22H32N4O4. The number of carboxylic acids is 1. The van der Waals surface area contributed by atoms with E-state index < -0.39 is 5.97 Å². The van der Waals surface area contributed by atoms with E-state index in [1.807, 2.05) is 13.8 Å². The molecule has 2 aromatic rings. The minimum Gasteiger partial charge on any atom is -0.496 e. The molecule has 0 aliphatic carbocycles. The summed E-state index contributed by atoms with van der Waals surface area (Å²) in [6, 6.07) is 3.23. The number of methoxy groups -OCH3 is 1. The van der Waals surface area contributed by atoms with E-state index in [0.717, 1.165) is 41.6 Å². The molecule has 1 aromatic heterocycles. The maximum absolute atomic E-state index is 11.4. The molecule has 0 bridgehead atoms. The third-order valence-electron chi connectivity index (χ3n) is 5.21. The van der Waals surface area contributed by atoms with Crippen molar-refractivity contribution >= 4 is 17.7 Å². The molecule has 1 heterocycles. The van der Waals surface area contributed by atoms with Crippen LogP contribution in [0, 0.1) is 13.8 Å². The molecule has 0 radical (unpaired) electrons. The lowest BCUT2D eigenvalue weighted by atomic mass is 9.96. The van der Waals surface area contributed by atoms with Gasteiger partial charge in [0.2, 0.25) is 5.95 Å². The van der Waals surface area contributed by atoms with Crippen molar-refractivity contribution in [3.05, 3.63) is 40.1 Å². The quantitative estimate of drug-likeness (QED) is 0.439. The molecule has 8 heteroatoms. The second-order valence-corrected chi connectivity index (χ2v) is 7.45. The molecule has 0 fully saturated rings. The average molecular weight is 417 g/mol. The highest BCUT2D eigenvalue weighted by molar-refractivity contribution is 5.88. The summed E-state index contributed by atoms with van der Waals surface area (Å²) < 4.78 is 5.48. The van der Waals surface area contributed by atoms with Crippen molar-refractivity contribution in [1.82, 2.24) is 9.97 Å². The number of rotatable bonds is 11. The number of hydrogen-bond donors (Lipinski definition) is 4. The van der Waals surface area contributed by atoms with Crippen LogP contribution in [0.25, 0.3) is 0 Å². The van der Waals surface area contributed by atoms with E-state index in [2.05, 4.69) is 22.2 Å². The molecule has 0 aliphatic heterocycles. The van der Waals surface area contributed by atoms with E-state index in [1.54, 1.807) is 6.07 Å². The first-order valence-electron chi connectivity index (χ1n) is 10.2. The van der Waals surface area contributed by atoms with Crippen LogP contribution in [0.2, 0.25) is 0 Å². The summed E-state index contributed by atoms with van der Waals surface area (Å²) in [7, 11) is 1.53. The van der Waals surface area contributed by atoms with Crippen LogP contribution in [0.15, 0.2) is 12.1 Å². The lowest BCUT2D eigenvalue weighted by Crippen LogP contribution is -2.23. The molecule has 30 heavy (non-hydrogen) atoms. The van der Waals surface area contributed by atoms with Gasteiger partial charge in [-0.1, -0.05) is 19.8 Å². The number of hydrogen-bond acceptors (Lipinski definition) is 7. The number of aliphatic hydroxyl groups is 1. The number of aromatic nitrogens is 2. The molecule has 0 saturated heterocycles. The van der Waals surface area contributed by atoms with Crippen LogP contribution in [0.5, 0.6) is 5.75 Å². The molecule has 0 amide bonds. The van der Waals surface area contributed by atoms with Crippen molar-refractivity contribution < 1.29 is 19.7 Å². The van der Waals surface area contributed by atoms with Gasteiger partial charge in [-0.15, -0.1) is 0 Å². The summed E-state index contributed by atoms with van der Waals surface area (Å²) in [6.45, 7) is 5.95. The molecule has 0 aliphatic rings. The predicted molar refractivity (Wildman–Crippen MR) is 117 cm³/mol. The summed E-state index contributed by atoms with van der Waals surface area (Å²) in [4.78, 5) is 20.1. The topological polar surface area (TPSA) is 131 Å². The van der Waals surface area contributed by atoms with Gasteiger partial charge in [0, 0.05) is 35.9 Å². The first kappa shape index (κ1) is 23.4. The Morgan fingerprint density at radius 2 is 1.97 bits per heavy atom. The van der Waals surface area contributed by atoms with Gasteiger partial charge in [0.1, 0.15) is 11.6 Å². The Morgan fingerprint density at radius 1 is 1.23 bits per heavy atom. The van der Waals surface area contributed by atoms with Gasteiger partial charge in [-0.25, -0.2) is 9.78 Å². The monoisotopic (exact) mass is 416 g/mol. The van der Waals surface area contributed by atoms with Crippen LogP contribution >= 0.6 is 0 Å². The van der Waals surface area contributed by atoms with Gasteiger partial charge >= 0.3 is 5.97 Å². The molecule has 2 rings (SSSR count). The second kappa shape index (κ2) is 10.8. The number of benzene rings is 1. The van der Waals surface area contributed by atoms with E-state index in [-0.39, 0.29) is 24.2 Å². The zero-order chi connectivity index (χ0) is 22.3. The lowest BCUT2D eigenvalue weighted by Gasteiger charge is -2.22. The number of nitrogens with one attached hydrogen (secondary N) is 1. The van der Waals surface area contributed by atoms with Gasteiger partial charge in [0.25, 0.3) is 0 Å². The Hall–Kier alpha value is -2.87. The maximum Gasteiger partial charge on any atom is 0.335 e. The molecule has 1 unspecified atom stereocenters. The fourth-order valence-corrected chi connectivity index (χ4v) is 3.53. The average Bonchev–Trinajstić information content (AvgIpc) is 2.69. The van der Waals surface area contributed by atoms with E-state index >= 15 is 0 Å². The number of unbranched alkanes of at least 4 members (excludes halogenated alkanes) is 1. The van der Waals surface area contributed by atoms with E-state index in [4.69, 9.17) is 10.5 Å². The number of aryl methyl sites for hydroxylation is 2. The van der Waals surface area contributed by atoms with Crippen molar-refractivity contribution in [3.63, 3.8) is 0 Å². The Labute approximate surface area is 177 Å². The Bertz CT molecular complexity index is 886. The molecule has 0 saturated carbocycles. The normalized spacial score (nSPS) is 11.9. The van der Waals surface area contributed by atoms with Crippen LogP contribution in [0.1, 0.15) is 65.3 Å². The number of aromatic carboxylic acids is 1. The van der Waals surface area contributed by atoms with E-state index in [9.17, 15) is 15.0 Å². The Kier molecular flexibility index (Phi) is 8.41. The minimum atomic E-state index is -1.000. The number of ether oxygens (including phenoxy) is 1. The Morgan fingerprint density at radius 3 is 2.57 bits per heavy atom. The van der Waals surface area contributed by atoms with Gasteiger partial charge in [-0.05, 0) is 44.4 Å². The highest BCUT2D eigenvalue weighted by atomic mass is 16.5. The third kappa shape index (κ3) is 5.82. The van der Waals surface area contributed by atoms with Crippen LogP contribution in [0.4, 0.5) is 11.8 Å². The first-order chi connectivity index (χ1) is 14.3. The van der Waals surface area contributed by atoms with Crippen molar-refractivity contribution in [1.29, 1.82) is 0 Å². The van der Waals surface area contributed by atoms with Gasteiger partial charge in [0.05, 0.1) is 12.7 Å². The van der Waals surface area contributed by atoms with E-state index in [0.29, 0.717) is 24.4 Å². The van der Waals surface area contributed by atoms with Crippen LogP contribution in [-0.2, 0) is 6.42 Å². The summed E-state index contributed by atoms with van der Waals surface area (Å²) in [5.41, 5.74) is 9.38. The van der Waals surface area contributed by atoms with Gasteiger partial charge in [-0.3, -0.25) is 0 Å². The third-order valence-corrected chi connectivity index (χ3v) is 5.21. The molecule has 8 nitrogen and oxygen atoms in total. The number of aliphatic hydroxyl groups excluding tert-OH is 1. The molecule has 0 spiro atoms. The second-order valence-electron chi connectivity index (χ2n) is 7.45. The number of anilines is 2. The van der Waals surface area contributed by atoms with Crippen LogP contribution < -0.4 is 15.8 Å². The number of nitrogens with two attached hydrogens (primary N) is 1. The number of nitrogens with zero attached hydrogens (tertiary/aromatic N) is 2. The van der Waals surface area contributed by atoms with Gasteiger partial charge < -0.3 is 26.0 Å². The van der Waals surface area contributed by atoms with Crippen molar-refractivity contribution in [3.8, 4) is 5.75 Å². The predicted octanol–water partition coefficient (Wildman–Crippen LogP) is 3.33. The van der Waals surface area contributed by atoms with Crippen molar-refractivity contribution in [2.45, 2.75) is 58.9 Å². The highest BCUT2D eigenvalue weighted by Crippen LogP contribution is 2.31. The molecule has 5 N–H and O–H groups in total. The van der Waals surface area contributed by atoms with Gasteiger partial charge in [-0.2, -0.15) is 4.98 Å². The minimum absolute atomic E-state index is 0.0692. The molecular weight excluding hydrogens is 384 g/mol. The van der Waals surface area contributed by atoms with Crippen LogP contribution in [0.3, 0.4) is 0 Å². The SMILES string of the molecule is CCCCC(CCO)Nc1nc(N)nc(C)c1Cc1c(C)cc(C(=O)O)cc1OC. The Balaban J connectivity index is 2.46. The fraction of sp³-hybridized carbons (Fsp3) is 0.500. The number of carboxylic acid groups (broad SMARTS) is 1. The first-order valence-corrected chi connectivity index (χ1v) is 10.2. The van der Waals surface area contributed by atoms with E-state index in [1.165, 1.54) is 13.2 Å². The summed E-state index contributed by atoms with van der Waals surface area (Å²) in [6.07, 6.45) is 4.08. The molecule has 164 valence electrons. The largest absolute Gasteiger partial charge is 0.496 e. The lowest BCUT2D eigenvalue weighted by molar-refractivity contribution is 0.0696. The summed E-state index contributed by atoms with van der Waals surface area (Å²) in [5, 5.41) is 22.2. The summed E-state index contributed by atoms with van der Waals surface area (Å²) in [5.74, 6) is 0.327. The van der Waals surface area contributed by atoms with Gasteiger partial charge in [0.15, 0.2) is 0 Å². The zero-order valence-electron chi connectivity index (χ0n) is 18.2. The molecule has 1 atom stereocenters. The smallest absolute Gasteiger partial charge is 0.335 e. The highest BCUT2D eigenvalue weighted by Gasteiger charge is 2.19. The van der Waals surface area contributed by atoms with Crippen LogP contribution in [-0.4, -0.2) is 45.9 Å². The van der Waals surface area contributed by atoms with Crippen molar-refractivity contribution in [2.75, 3.05) is 24.8 Å². The standard InChI is InChI=1S/C22H32N4O4/c1-5-6-7-16(8-9-27)25-20-18(14(3)24-22(23)26-20)12-17-13(2)10-15(21(28)29)11-19(17)30-4/h10-11,16,27H,5-9,12H2,1-4H3,(H,28,29)(H3,23,24,25,26). The number of nitrogen functional groups attached to an aromatic ring is 1. The number of carbonyl (C=O) groups is 1.